The van der Waals surface area contributed by atoms with Gasteiger partial charge in [0.15, 0.2) is 0 Å². The molecule has 0 radical (unpaired) electrons. The van der Waals surface area contributed by atoms with E-state index in [2.05, 4.69) is 10.1 Å². The zero-order chi connectivity index (χ0) is 11.3. The second kappa shape index (κ2) is 5.58. The Hall–Kier alpha value is -1.26. The van der Waals surface area contributed by atoms with E-state index in [0.717, 1.165) is 0 Å². The summed E-state index contributed by atoms with van der Waals surface area (Å²) in [5.74, 6) is 0. The van der Waals surface area contributed by atoms with E-state index in [-0.39, 0.29) is 6.54 Å². The van der Waals surface area contributed by atoms with E-state index >= 15 is 0 Å². The number of carbonyl (C=O) groups excluding carboxylic acids is 1. The van der Waals surface area contributed by atoms with E-state index in [1.165, 1.54) is 7.11 Å². The number of hydrogen-bond acceptors (Lipinski definition) is 3. The Morgan fingerprint density at radius 3 is 2.67 bits per heavy atom. The molecule has 0 aliphatic rings. The number of methoxy groups -OCH3 is 1. The second-order valence-electron chi connectivity index (χ2n) is 2.94. The molecule has 2 N–H and O–H groups in total. The van der Waals surface area contributed by atoms with Gasteiger partial charge in [0.25, 0.3) is 0 Å². The molecule has 1 amide bonds. The number of carbonyl (C=O) groups is 1. The van der Waals surface area contributed by atoms with Gasteiger partial charge in [0.05, 0.1) is 19.8 Å². The first-order valence-corrected chi connectivity index (χ1v) is 4.76. The van der Waals surface area contributed by atoms with Gasteiger partial charge in [-0.2, -0.15) is 0 Å². The van der Waals surface area contributed by atoms with Crippen LogP contribution in [0.4, 0.5) is 4.79 Å². The van der Waals surface area contributed by atoms with Crippen LogP contribution in [0.25, 0.3) is 0 Å². The summed E-state index contributed by atoms with van der Waals surface area (Å²) < 4.78 is 4.37. The molecule has 0 aliphatic carbocycles. The lowest BCUT2D eigenvalue weighted by Gasteiger charge is -2.11. The predicted molar refractivity (Wildman–Crippen MR) is 56.8 cm³/mol. The van der Waals surface area contributed by atoms with Crippen molar-refractivity contribution in [3.8, 4) is 0 Å². The van der Waals surface area contributed by atoms with Gasteiger partial charge in [-0.05, 0) is 17.7 Å². The largest absolute Gasteiger partial charge is 0.453 e. The quantitative estimate of drug-likeness (QED) is 0.830. The second-order valence-corrected chi connectivity index (χ2v) is 3.38. The third-order valence-electron chi connectivity index (χ3n) is 1.88. The monoisotopic (exact) mass is 229 g/mol. The Morgan fingerprint density at radius 2 is 2.13 bits per heavy atom. The number of hydrogen-bond donors (Lipinski definition) is 2. The fraction of sp³-hybridized carbons (Fsp3) is 0.300. The third kappa shape index (κ3) is 3.77. The molecule has 15 heavy (non-hydrogen) atoms. The van der Waals surface area contributed by atoms with Gasteiger partial charge >= 0.3 is 6.09 Å². The molecular formula is C10H12ClNO3. The Kier molecular flexibility index (Phi) is 4.39. The molecule has 5 heteroatoms. The number of amides is 1. The van der Waals surface area contributed by atoms with Crippen molar-refractivity contribution in [2.24, 2.45) is 0 Å². The van der Waals surface area contributed by atoms with E-state index in [9.17, 15) is 9.90 Å². The molecule has 4 nitrogen and oxygen atoms in total. The molecule has 82 valence electrons. The highest BCUT2D eigenvalue weighted by Gasteiger charge is 2.08. The summed E-state index contributed by atoms with van der Waals surface area (Å²) >= 11 is 5.69. The summed E-state index contributed by atoms with van der Waals surface area (Å²) in [5.41, 5.74) is 0.691. The van der Waals surface area contributed by atoms with Crippen molar-refractivity contribution in [3.05, 3.63) is 34.9 Å². The standard InChI is InChI=1S/C10H12ClNO3/c1-15-10(14)12-6-9(13)7-2-4-8(11)5-3-7/h2-5,9,13H,6H2,1H3,(H,12,14)/t9-/m0/s1. The summed E-state index contributed by atoms with van der Waals surface area (Å²) in [6.07, 6.45) is -1.33. The molecule has 0 bridgehead atoms. The number of rotatable bonds is 3. The highest BCUT2D eigenvalue weighted by Crippen LogP contribution is 2.15. The molecule has 1 rings (SSSR count). The number of aliphatic hydroxyl groups is 1. The van der Waals surface area contributed by atoms with Crippen LogP contribution in [-0.2, 0) is 4.74 Å². The first-order chi connectivity index (χ1) is 7.13. The van der Waals surface area contributed by atoms with Crippen LogP contribution in [0.2, 0.25) is 5.02 Å². The number of halogens is 1. The number of nitrogens with one attached hydrogen (secondary N) is 1. The fourth-order valence-corrected chi connectivity index (χ4v) is 1.18. The molecule has 1 aromatic carbocycles. The fourth-order valence-electron chi connectivity index (χ4n) is 1.05. The lowest BCUT2D eigenvalue weighted by Crippen LogP contribution is -2.28. The number of ether oxygens (including phenoxy) is 1. The summed E-state index contributed by atoms with van der Waals surface area (Å²) in [6, 6.07) is 6.76. The Labute approximate surface area is 92.8 Å². The first-order valence-electron chi connectivity index (χ1n) is 4.39. The van der Waals surface area contributed by atoms with Crippen LogP contribution in [0.1, 0.15) is 11.7 Å². The minimum Gasteiger partial charge on any atom is -0.453 e. The van der Waals surface area contributed by atoms with Gasteiger partial charge in [-0.25, -0.2) is 4.79 Å². The first kappa shape index (κ1) is 11.8. The zero-order valence-electron chi connectivity index (χ0n) is 8.24. The maximum Gasteiger partial charge on any atom is 0.406 e. The maximum absolute atomic E-state index is 10.7. The molecule has 0 heterocycles. The predicted octanol–water partition coefficient (Wildman–Crippen LogP) is 1.73. The highest BCUT2D eigenvalue weighted by molar-refractivity contribution is 6.30. The molecule has 0 spiro atoms. The SMILES string of the molecule is COC(=O)NC[C@H](O)c1ccc(Cl)cc1. The van der Waals surface area contributed by atoms with E-state index in [4.69, 9.17) is 11.6 Å². The number of benzene rings is 1. The minimum absolute atomic E-state index is 0.105. The van der Waals surface area contributed by atoms with Gasteiger partial charge in [0, 0.05) is 5.02 Å². The smallest absolute Gasteiger partial charge is 0.406 e. The molecular weight excluding hydrogens is 218 g/mol. The van der Waals surface area contributed by atoms with Crippen LogP contribution in [0, 0.1) is 0 Å². The summed E-state index contributed by atoms with van der Waals surface area (Å²) in [5, 5.41) is 12.6. The minimum atomic E-state index is -0.763. The van der Waals surface area contributed by atoms with Gasteiger partial charge in [-0.3, -0.25) is 0 Å². The van der Waals surface area contributed by atoms with E-state index in [1.54, 1.807) is 24.3 Å². The van der Waals surface area contributed by atoms with Gasteiger partial charge in [0.1, 0.15) is 0 Å². The van der Waals surface area contributed by atoms with Crippen LogP contribution in [-0.4, -0.2) is 24.9 Å². The van der Waals surface area contributed by atoms with Crippen molar-refractivity contribution in [1.82, 2.24) is 5.32 Å². The lowest BCUT2D eigenvalue weighted by atomic mass is 10.1. The average molecular weight is 230 g/mol. The zero-order valence-corrected chi connectivity index (χ0v) is 8.99. The van der Waals surface area contributed by atoms with Crippen molar-refractivity contribution in [1.29, 1.82) is 0 Å². The molecule has 0 aliphatic heterocycles. The topological polar surface area (TPSA) is 58.6 Å². The van der Waals surface area contributed by atoms with Gasteiger partial charge in [-0.1, -0.05) is 23.7 Å². The Bertz CT molecular complexity index is 326. The van der Waals surface area contributed by atoms with E-state index in [1.807, 2.05) is 0 Å². The van der Waals surface area contributed by atoms with Crippen LogP contribution in [0.3, 0.4) is 0 Å². The van der Waals surface area contributed by atoms with E-state index < -0.39 is 12.2 Å². The van der Waals surface area contributed by atoms with Gasteiger partial charge in [-0.15, -0.1) is 0 Å². The third-order valence-corrected chi connectivity index (χ3v) is 2.13. The van der Waals surface area contributed by atoms with Crippen molar-refractivity contribution in [2.45, 2.75) is 6.10 Å². The molecule has 1 atom stereocenters. The summed E-state index contributed by atoms with van der Waals surface area (Å²) in [6.45, 7) is 0.105. The number of aliphatic hydroxyl groups excluding tert-OH is 1. The van der Waals surface area contributed by atoms with Crippen LogP contribution in [0.5, 0.6) is 0 Å². The Morgan fingerprint density at radius 1 is 1.53 bits per heavy atom. The van der Waals surface area contributed by atoms with Crippen molar-refractivity contribution < 1.29 is 14.6 Å². The van der Waals surface area contributed by atoms with Crippen LogP contribution in [0.15, 0.2) is 24.3 Å². The van der Waals surface area contributed by atoms with E-state index in [0.29, 0.717) is 10.6 Å². The van der Waals surface area contributed by atoms with Gasteiger partial charge < -0.3 is 15.2 Å². The summed E-state index contributed by atoms with van der Waals surface area (Å²) in [7, 11) is 1.27. The summed E-state index contributed by atoms with van der Waals surface area (Å²) in [4.78, 5) is 10.7. The van der Waals surface area contributed by atoms with Crippen molar-refractivity contribution in [2.75, 3.05) is 13.7 Å². The average Bonchev–Trinajstić information content (AvgIpc) is 2.26. The highest BCUT2D eigenvalue weighted by atomic mass is 35.5. The molecule has 0 unspecified atom stereocenters. The molecule has 0 aromatic heterocycles. The molecule has 1 aromatic rings. The Balaban J connectivity index is 2.50. The normalized spacial score (nSPS) is 11.9. The lowest BCUT2D eigenvalue weighted by molar-refractivity contribution is 0.147. The van der Waals surface area contributed by atoms with Crippen LogP contribution >= 0.6 is 11.6 Å². The van der Waals surface area contributed by atoms with Crippen LogP contribution < -0.4 is 5.32 Å². The van der Waals surface area contributed by atoms with Crippen molar-refractivity contribution in [3.63, 3.8) is 0 Å². The maximum atomic E-state index is 10.7. The molecule has 0 fully saturated rings. The van der Waals surface area contributed by atoms with Gasteiger partial charge in [0.2, 0.25) is 0 Å². The van der Waals surface area contributed by atoms with Crippen molar-refractivity contribution >= 4 is 17.7 Å². The molecule has 0 saturated carbocycles. The molecule has 0 saturated heterocycles. The number of alkyl carbamates (subject to hydrolysis) is 1.